The molecule has 7 unspecified atom stereocenters. The molecule has 1 fully saturated rings. The van der Waals surface area contributed by atoms with Gasteiger partial charge in [-0.3, -0.25) is 9.59 Å². The quantitative estimate of drug-likeness (QED) is 0.0195. The van der Waals surface area contributed by atoms with E-state index in [1.165, 1.54) is 327 Å². The van der Waals surface area contributed by atoms with E-state index in [1.54, 1.807) is 6.08 Å². The smallest absolute Gasteiger partial charge is 0.305 e. The topological polar surface area (TPSA) is 175 Å². The van der Waals surface area contributed by atoms with Crippen molar-refractivity contribution >= 4 is 11.9 Å². The zero-order valence-electron chi connectivity index (χ0n) is 60.5. The lowest BCUT2D eigenvalue weighted by atomic mass is 9.99. The summed E-state index contributed by atoms with van der Waals surface area (Å²) in [6, 6.07) is -0.825. The van der Waals surface area contributed by atoms with Crippen LogP contribution in [0.3, 0.4) is 0 Å². The first-order valence-electron chi connectivity index (χ1n) is 40.3. The Balaban J connectivity index is 1.91. The van der Waals surface area contributed by atoms with Crippen LogP contribution in [0.15, 0.2) is 36.5 Å². The summed E-state index contributed by atoms with van der Waals surface area (Å²) >= 11 is 0. The van der Waals surface area contributed by atoms with E-state index in [9.17, 15) is 35.1 Å². The van der Waals surface area contributed by atoms with E-state index >= 15 is 0 Å². The Morgan fingerprint density at radius 2 is 0.707 bits per heavy atom. The molecule has 7 atom stereocenters. The Bertz CT molecular complexity index is 1620. The molecule has 1 rings (SSSR count). The van der Waals surface area contributed by atoms with E-state index in [0.29, 0.717) is 19.4 Å². The van der Waals surface area contributed by atoms with Crippen molar-refractivity contribution in [3.05, 3.63) is 36.5 Å². The summed E-state index contributed by atoms with van der Waals surface area (Å²) in [5.41, 5.74) is 0. The average Bonchev–Trinajstić information content (AvgIpc) is 1.10. The summed E-state index contributed by atoms with van der Waals surface area (Å²) in [4.78, 5) is 25.1. The van der Waals surface area contributed by atoms with Gasteiger partial charge in [-0.2, -0.15) is 0 Å². The standard InChI is InChI=1S/C81H153NO10/c1-3-5-7-9-11-13-15-16-44-48-51-55-59-63-67-74(84)73(72-91-81-80(89)79(88)78(87)75(71-83)92-81)82-76(85)68-64-60-56-52-49-45-42-40-38-36-34-32-30-28-26-24-22-20-18-17-19-21-23-25-27-29-31-33-35-37-39-41-43-46-50-54-58-62-66-70-90-77(86)69-65-61-57-53-47-14-12-10-8-6-4-2/h17-18,48,51,63,67,73-75,78-81,83-84,87-89H,3-16,19-47,49-50,52-62,64-66,68-72H2,1-2H3,(H,82,85)/b18-17-,51-48+,67-63+. The van der Waals surface area contributed by atoms with Crippen molar-refractivity contribution in [1.82, 2.24) is 5.32 Å². The minimum atomic E-state index is -1.57. The van der Waals surface area contributed by atoms with Gasteiger partial charge < -0.3 is 45.1 Å². The van der Waals surface area contributed by atoms with Gasteiger partial charge in [-0.05, 0) is 70.6 Å². The van der Waals surface area contributed by atoms with E-state index in [4.69, 9.17) is 14.2 Å². The molecule has 1 aliphatic heterocycles. The van der Waals surface area contributed by atoms with Crippen LogP contribution in [0.25, 0.3) is 0 Å². The number of aliphatic hydroxyl groups excluding tert-OH is 5. The Morgan fingerprint density at radius 3 is 1.08 bits per heavy atom. The van der Waals surface area contributed by atoms with Crippen LogP contribution >= 0.6 is 0 Å². The highest BCUT2D eigenvalue weighted by Gasteiger charge is 2.44. The Labute approximate surface area is 568 Å². The fourth-order valence-electron chi connectivity index (χ4n) is 12.9. The molecular weight excluding hydrogens is 1150 g/mol. The number of esters is 1. The van der Waals surface area contributed by atoms with Crippen molar-refractivity contribution in [3.8, 4) is 0 Å². The van der Waals surface area contributed by atoms with Crippen LogP contribution in [0.1, 0.15) is 406 Å². The third kappa shape index (κ3) is 58.1. The number of hydrogen-bond donors (Lipinski definition) is 6. The molecule has 0 aliphatic carbocycles. The van der Waals surface area contributed by atoms with Crippen LogP contribution in [0.5, 0.6) is 0 Å². The summed E-state index contributed by atoms with van der Waals surface area (Å²) in [5, 5.41) is 54.6. The lowest BCUT2D eigenvalue weighted by Gasteiger charge is -2.40. The van der Waals surface area contributed by atoms with Gasteiger partial charge in [0.05, 0.1) is 32.0 Å². The first kappa shape index (κ1) is 87.9. The number of rotatable bonds is 72. The number of aliphatic hydroxyl groups is 5. The number of carbonyl (C=O) groups excluding carboxylic acids is 2. The zero-order valence-corrected chi connectivity index (χ0v) is 60.5. The Hall–Kier alpha value is -2.12. The maximum Gasteiger partial charge on any atom is 0.305 e. The highest BCUT2D eigenvalue weighted by atomic mass is 16.7. The number of unbranched alkanes of at least 4 members (excludes halogenated alkanes) is 54. The number of nitrogens with one attached hydrogen (secondary N) is 1. The molecule has 1 amide bonds. The molecule has 0 aromatic heterocycles. The molecular formula is C81H153NO10. The van der Waals surface area contributed by atoms with Crippen LogP contribution in [-0.2, 0) is 23.8 Å². The van der Waals surface area contributed by atoms with Crippen LogP contribution in [-0.4, -0.2) is 100 Å². The molecule has 1 heterocycles. The second-order valence-corrected chi connectivity index (χ2v) is 28.1. The van der Waals surface area contributed by atoms with Gasteiger partial charge in [0, 0.05) is 12.8 Å². The number of allylic oxidation sites excluding steroid dienone is 5. The van der Waals surface area contributed by atoms with E-state index in [-0.39, 0.29) is 18.5 Å². The van der Waals surface area contributed by atoms with Gasteiger partial charge in [-0.25, -0.2) is 0 Å². The van der Waals surface area contributed by atoms with Crippen molar-refractivity contribution in [2.45, 2.75) is 448 Å². The molecule has 1 saturated heterocycles. The average molecular weight is 1300 g/mol. The molecule has 0 bridgehead atoms. The SMILES string of the molecule is CCCCCCCCCC/C=C/CC/C=C/C(O)C(COC1OC(CO)C(O)C(O)C1O)NC(=O)CCCCCCCCCCCCCCCCCCC/C=C\CCCCCCCCCCCCCCCCCCCCOC(=O)CCCCCCCCCCCCC. The highest BCUT2D eigenvalue weighted by Crippen LogP contribution is 2.24. The molecule has 6 N–H and O–H groups in total. The third-order valence-corrected chi connectivity index (χ3v) is 19.2. The molecule has 11 heteroatoms. The van der Waals surface area contributed by atoms with Gasteiger partial charge in [0.25, 0.3) is 0 Å². The molecule has 92 heavy (non-hydrogen) atoms. The number of carbonyl (C=O) groups is 2. The van der Waals surface area contributed by atoms with Gasteiger partial charge in [0.1, 0.15) is 24.4 Å². The first-order valence-corrected chi connectivity index (χ1v) is 40.3. The maximum absolute atomic E-state index is 13.1. The van der Waals surface area contributed by atoms with Gasteiger partial charge in [0.2, 0.25) is 5.91 Å². The van der Waals surface area contributed by atoms with Gasteiger partial charge in [-0.1, -0.05) is 359 Å². The highest BCUT2D eigenvalue weighted by molar-refractivity contribution is 5.76. The fraction of sp³-hybridized carbons (Fsp3) is 0.901. The molecule has 542 valence electrons. The summed E-state index contributed by atoms with van der Waals surface area (Å²) < 4.78 is 16.8. The second-order valence-electron chi connectivity index (χ2n) is 28.1. The molecule has 0 radical (unpaired) electrons. The van der Waals surface area contributed by atoms with Crippen molar-refractivity contribution < 1.29 is 49.3 Å². The Kier molecular flexibility index (Phi) is 67.1. The monoisotopic (exact) mass is 1300 g/mol. The van der Waals surface area contributed by atoms with Crippen molar-refractivity contribution in [3.63, 3.8) is 0 Å². The van der Waals surface area contributed by atoms with Crippen LogP contribution in [0.2, 0.25) is 0 Å². The summed E-state index contributed by atoms with van der Waals surface area (Å²) in [7, 11) is 0. The molecule has 0 aromatic rings. The van der Waals surface area contributed by atoms with Gasteiger partial charge in [0.15, 0.2) is 6.29 Å². The summed E-state index contributed by atoms with van der Waals surface area (Å²) in [5.74, 6) is -0.168. The van der Waals surface area contributed by atoms with Gasteiger partial charge >= 0.3 is 5.97 Å². The number of amides is 1. The molecule has 1 aliphatic rings. The molecule has 0 aromatic carbocycles. The summed E-state index contributed by atoms with van der Waals surface area (Å²) in [6.45, 7) is 4.37. The lowest BCUT2D eigenvalue weighted by Crippen LogP contribution is -2.60. The summed E-state index contributed by atoms with van der Waals surface area (Å²) in [6.07, 6.45) is 81.8. The fourth-order valence-corrected chi connectivity index (χ4v) is 12.9. The first-order chi connectivity index (χ1) is 45.2. The largest absolute Gasteiger partial charge is 0.466 e. The number of hydrogen-bond acceptors (Lipinski definition) is 10. The predicted octanol–water partition coefficient (Wildman–Crippen LogP) is 21.7. The predicted molar refractivity (Wildman–Crippen MR) is 389 cm³/mol. The van der Waals surface area contributed by atoms with Crippen molar-refractivity contribution in [1.29, 1.82) is 0 Å². The molecule has 11 nitrogen and oxygen atoms in total. The third-order valence-electron chi connectivity index (χ3n) is 19.2. The van der Waals surface area contributed by atoms with Crippen LogP contribution in [0, 0.1) is 0 Å². The van der Waals surface area contributed by atoms with E-state index < -0.39 is 49.5 Å². The minimum absolute atomic E-state index is 0.0169. The van der Waals surface area contributed by atoms with Crippen LogP contribution < -0.4 is 5.32 Å². The second kappa shape index (κ2) is 70.2. The van der Waals surface area contributed by atoms with Crippen molar-refractivity contribution in [2.75, 3.05) is 19.8 Å². The van der Waals surface area contributed by atoms with Crippen molar-refractivity contribution in [2.24, 2.45) is 0 Å². The zero-order chi connectivity index (χ0) is 66.5. The van der Waals surface area contributed by atoms with Crippen LogP contribution in [0.4, 0.5) is 0 Å². The van der Waals surface area contributed by atoms with E-state index in [2.05, 4.69) is 43.5 Å². The molecule has 0 spiro atoms. The minimum Gasteiger partial charge on any atom is -0.466 e. The Morgan fingerprint density at radius 1 is 0.391 bits per heavy atom. The normalized spacial score (nSPS) is 17.7. The number of ether oxygens (including phenoxy) is 3. The molecule has 0 saturated carbocycles. The maximum atomic E-state index is 13.1. The van der Waals surface area contributed by atoms with Gasteiger partial charge in [-0.15, -0.1) is 0 Å². The lowest BCUT2D eigenvalue weighted by molar-refractivity contribution is -0.302. The van der Waals surface area contributed by atoms with E-state index in [1.807, 2.05) is 6.08 Å². The van der Waals surface area contributed by atoms with E-state index in [0.717, 1.165) is 51.4 Å².